The fraction of sp³-hybridized carbons (Fsp3) is 0.390. The van der Waals surface area contributed by atoms with Crippen molar-refractivity contribution in [3.8, 4) is 46.0 Å². The minimum Gasteiger partial charge on any atom is -0.493 e. The Morgan fingerprint density at radius 2 is 0.365 bits per heavy atom. The number of carbonyl (C=O) groups is 2. The summed E-state index contributed by atoms with van der Waals surface area (Å²) in [6.07, 6.45) is 9.63. The highest BCUT2D eigenvalue weighted by Gasteiger charge is 2.28. The van der Waals surface area contributed by atoms with Crippen molar-refractivity contribution in [3.05, 3.63) is 210 Å². The summed E-state index contributed by atoms with van der Waals surface area (Å²) >= 11 is 0. The summed E-state index contributed by atoms with van der Waals surface area (Å²) in [6, 6.07) is 40.9. The number of rotatable bonds is 24. The van der Waals surface area contributed by atoms with Crippen LogP contribution in [-0.2, 0) is 51.4 Å². The van der Waals surface area contributed by atoms with Crippen LogP contribution in [0.2, 0.25) is 0 Å². The molecule has 2 aliphatic heterocycles. The van der Waals surface area contributed by atoms with Crippen LogP contribution in [0.15, 0.2) is 121 Å². The van der Waals surface area contributed by atoms with Crippen LogP contribution in [0, 0.1) is 0 Å². The predicted molar refractivity (Wildman–Crippen MR) is 386 cm³/mol. The molecule has 96 heavy (non-hydrogen) atoms. The Labute approximate surface area is 568 Å². The molecule has 20 bridgehead atoms. The van der Waals surface area contributed by atoms with Crippen LogP contribution in [0.3, 0.4) is 0 Å². The number of amides is 4. The molecule has 0 unspecified atom stereocenters. The number of benzene rings is 8. The fourth-order valence-electron chi connectivity index (χ4n) is 13.4. The molecule has 0 aromatic heterocycles. The largest absolute Gasteiger partial charge is 0.493 e. The van der Waals surface area contributed by atoms with Gasteiger partial charge in [-0.2, -0.15) is 0 Å². The number of hydrogen-bond donors (Lipinski definition) is 4. The Bertz CT molecular complexity index is 3350. The predicted octanol–water partition coefficient (Wildman–Crippen LogP) is 19.0. The van der Waals surface area contributed by atoms with E-state index in [-0.39, 0.29) is 0 Å². The van der Waals surface area contributed by atoms with Crippen molar-refractivity contribution >= 4 is 34.8 Å². The second-order valence-electron chi connectivity index (χ2n) is 25.5. The maximum Gasteiger partial charge on any atom is 0.323 e. The molecule has 4 N–H and O–H groups in total. The minimum absolute atomic E-state index is 0.412. The molecule has 8 aromatic carbocycles. The van der Waals surface area contributed by atoms with E-state index in [1.54, 1.807) is 0 Å². The molecule has 0 saturated carbocycles. The number of anilines is 4. The van der Waals surface area contributed by atoms with Crippen molar-refractivity contribution in [1.82, 2.24) is 0 Å². The fourth-order valence-corrected chi connectivity index (χ4v) is 13.4. The van der Waals surface area contributed by atoms with E-state index in [4.69, 9.17) is 37.9 Å². The zero-order valence-electron chi connectivity index (χ0n) is 57.6. The monoisotopic (exact) mass is 1300 g/mol. The molecule has 504 valence electrons. The van der Waals surface area contributed by atoms with Crippen molar-refractivity contribution in [2.45, 2.75) is 158 Å². The van der Waals surface area contributed by atoms with Gasteiger partial charge in [0.05, 0.1) is 52.9 Å². The highest BCUT2D eigenvalue weighted by molar-refractivity contribution is 6.01. The summed E-state index contributed by atoms with van der Waals surface area (Å²) in [5, 5.41) is 13.4. The number of ether oxygens (including phenoxy) is 8. The average molecular weight is 1300 g/mol. The average Bonchev–Trinajstić information content (AvgIpc) is 1.71. The van der Waals surface area contributed by atoms with E-state index in [1.165, 1.54) is 0 Å². The molecule has 0 atom stereocenters. The molecule has 14 heteroatoms. The second kappa shape index (κ2) is 32.9. The van der Waals surface area contributed by atoms with Crippen molar-refractivity contribution in [3.63, 3.8) is 0 Å². The van der Waals surface area contributed by atoms with Crippen LogP contribution in [0.5, 0.6) is 46.0 Å². The molecular formula is C82H96N4O10. The molecule has 12 rings (SSSR count). The highest BCUT2D eigenvalue weighted by atomic mass is 16.5. The lowest BCUT2D eigenvalue weighted by Crippen LogP contribution is -2.21. The third-order valence-corrected chi connectivity index (χ3v) is 17.4. The van der Waals surface area contributed by atoms with Crippen molar-refractivity contribution in [1.29, 1.82) is 0 Å². The van der Waals surface area contributed by atoms with Gasteiger partial charge in [0.25, 0.3) is 0 Å². The Morgan fingerprint density at radius 1 is 0.229 bits per heavy atom. The van der Waals surface area contributed by atoms with E-state index in [1.807, 2.05) is 0 Å². The van der Waals surface area contributed by atoms with Crippen LogP contribution < -0.4 is 59.2 Å². The topological polar surface area (TPSA) is 156 Å². The molecule has 2 aliphatic carbocycles. The quantitative estimate of drug-likeness (QED) is 0.0459. The molecule has 4 amide bonds. The van der Waals surface area contributed by atoms with Gasteiger partial charge in [-0.1, -0.05) is 128 Å². The van der Waals surface area contributed by atoms with E-state index in [9.17, 15) is 0 Å². The van der Waals surface area contributed by atoms with E-state index in [2.05, 4.69) is 198 Å². The maximum atomic E-state index is 15.3. The Morgan fingerprint density at radius 3 is 0.500 bits per heavy atom. The van der Waals surface area contributed by atoms with Crippen LogP contribution in [0.4, 0.5) is 32.3 Å². The number of fused-ring (bicyclic) bond motifs is 4. The number of para-hydroxylation sites is 4. The summed E-state index contributed by atoms with van der Waals surface area (Å²) in [5.41, 5.74) is 17.2. The van der Waals surface area contributed by atoms with Crippen LogP contribution in [0.25, 0.3) is 0 Å². The van der Waals surface area contributed by atoms with E-state index in [0.717, 1.165) is 186 Å². The van der Waals surface area contributed by atoms with Crippen molar-refractivity contribution < 1.29 is 47.5 Å². The molecule has 0 radical (unpaired) electrons. The molecular weight excluding hydrogens is 1200 g/mol. The first-order valence-corrected chi connectivity index (χ1v) is 35.3. The first-order chi connectivity index (χ1) is 47.0. The first-order valence-electron chi connectivity index (χ1n) is 35.3. The van der Waals surface area contributed by atoms with Gasteiger partial charge in [-0.3, -0.25) is 0 Å². The number of urea groups is 2. The summed E-state index contributed by atoms with van der Waals surface area (Å²) in [5.74, 6) is 6.10. The second-order valence-corrected chi connectivity index (χ2v) is 25.5. The molecule has 2 heterocycles. The molecule has 8 aromatic rings. The van der Waals surface area contributed by atoms with Gasteiger partial charge in [0.1, 0.15) is 46.0 Å². The summed E-state index contributed by atoms with van der Waals surface area (Å²) in [4.78, 5) is 30.6. The van der Waals surface area contributed by atoms with Gasteiger partial charge in [-0.25, -0.2) is 9.59 Å². The zero-order valence-corrected chi connectivity index (χ0v) is 57.6. The number of hydrogen-bond acceptors (Lipinski definition) is 10. The smallest absolute Gasteiger partial charge is 0.323 e. The highest BCUT2D eigenvalue weighted by Crippen LogP contribution is 2.45. The maximum absolute atomic E-state index is 15.3. The SMILES string of the molecule is CCCOc1c2cccc1Cc1cc3cc(c1OCCC)Cc1cccc(c1OCCC)Cc1cc(cc(c1OCCC)C2)NC(=O)Nc1cc2c(OCCC)c(c1)Cc1cccc(c1OCCC)Cc1cc(cc(c1OCCC)Cc1cccc(c1OCCC)C2)NC(=O)N3. The zero-order chi connectivity index (χ0) is 66.9. The Balaban J connectivity index is 1.21. The van der Waals surface area contributed by atoms with Crippen molar-refractivity contribution in [2.75, 3.05) is 74.1 Å². The summed E-state index contributed by atoms with van der Waals surface area (Å²) in [7, 11) is 0. The minimum atomic E-state index is -0.412. The van der Waals surface area contributed by atoms with Gasteiger partial charge < -0.3 is 59.2 Å². The summed E-state index contributed by atoms with van der Waals surface area (Å²) in [6.45, 7) is 20.8. The number of nitrogens with one attached hydrogen (secondary N) is 4. The Kier molecular flexibility index (Phi) is 23.3. The lowest BCUT2D eigenvalue weighted by molar-refractivity contribution is 0.261. The van der Waals surface area contributed by atoms with Gasteiger partial charge in [-0.05, 0) is 144 Å². The number of carbonyl (C=O) groups excluding carboxylic acids is 2. The van der Waals surface area contributed by atoms with Gasteiger partial charge in [-0.15, -0.1) is 0 Å². The van der Waals surface area contributed by atoms with Gasteiger partial charge in [0.15, 0.2) is 0 Å². The van der Waals surface area contributed by atoms with E-state index >= 15 is 9.59 Å². The van der Waals surface area contributed by atoms with Gasteiger partial charge in [0.2, 0.25) is 0 Å². The lowest BCUT2D eigenvalue weighted by Gasteiger charge is -2.24. The molecule has 0 fully saturated rings. The molecule has 4 aliphatic rings. The Hall–Kier alpha value is -9.30. The van der Waals surface area contributed by atoms with Gasteiger partial charge in [0, 0.05) is 119 Å². The van der Waals surface area contributed by atoms with Crippen LogP contribution in [0.1, 0.15) is 196 Å². The molecule has 0 spiro atoms. The van der Waals surface area contributed by atoms with Crippen LogP contribution in [-0.4, -0.2) is 64.9 Å². The molecule has 14 nitrogen and oxygen atoms in total. The van der Waals surface area contributed by atoms with Crippen molar-refractivity contribution in [2.24, 2.45) is 0 Å². The first kappa shape index (κ1) is 68.1. The normalized spacial score (nSPS) is 13.3. The summed E-state index contributed by atoms with van der Waals surface area (Å²) < 4.78 is 55.4. The molecule has 0 saturated heterocycles. The lowest BCUT2D eigenvalue weighted by atomic mass is 9.90. The van der Waals surface area contributed by atoms with Gasteiger partial charge >= 0.3 is 12.1 Å². The standard InChI is InChI=1S/C82H96N4O10/c1-9-29-89-73-53-21-17-22-54(73)38-62-46-70-48-64(78(62)94-34-14-6)40-56-24-18-23-55(74(56)90-30-10-2)39-63-47-69(45-61(37-53)77(63)93-33-13-5)83-81(87)85-71-49-65-41-57-25-19-26-58(75(57)91-31-11-3)42-66-50-72(86-82(88)84-70)52-68(80(66)96-36-16-8)44-60-28-20-27-59(76(60)92-32-12-4)43-67(51-71)79(65)95-35-15-7/h17-28,45-52H,9-16,29-44H2,1-8H3,(H2,83,85,87)(H2,84,86,88). The van der Waals surface area contributed by atoms with E-state index in [0.29, 0.717) is 127 Å². The third kappa shape index (κ3) is 16.3. The van der Waals surface area contributed by atoms with E-state index < -0.39 is 12.1 Å². The third-order valence-electron chi connectivity index (χ3n) is 17.4. The van der Waals surface area contributed by atoms with Crippen LogP contribution >= 0.6 is 0 Å².